The second kappa shape index (κ2) is 11.9. The van der Waals surface area contributed by atoms with Crippen LogP contribution in [0.25, 0.3) is 10.2 Å². The largest absolute Gasteiger partial charge is 0.308 e. The first-order valence-electron chi connectivity index (χ1n) is 11.6. The van der Waals surface area contributed by atoms with Crippen LogP contribution in [0.2, 0.25) is 0 Å². The van der Waals surface area contributed by atoms with E-state index < -0.39 is 0 Å². The number of hydrogen-bond donors (Lipinski definition) is 0. The van der Waals surface area contributed by atoms with E-state index in [0.29, 0.717) is 6.54 Å². The van der Waals surface area contributed by atoms with Crippen molar-refractivity contribution in [2.75, 3.05) is 33.7 Å². The maximum absolute atomic E-state index is 13.3. The van der Waals surface area contributed by atoms with E-state index in [-0.39, 0.29) is 5.56 Å². The number of halogens is 1. The van der Waals surface area contributed by atoms with E-state index in [1.165, 1.54) is 16.9 Å². The predicted octanol–water partition coefficient (Wildman–Crippen LogP) is 5.27. The molecule has 0 aliphatic rings. The van der Waals surface area contributed by atoms with E-state index in [1.54, 1.807) is 0 Å². The quantitative estimate of drug-likeness (QED) is 0.261. The Hall–Kier alpha value is -2.32. The van der Waals surface area contributed by atoms with Gasteiger partial charge >= 0.3 is 0 Å². The Morgan fingerprint density at radius 2 is 1.71 bits per heavy atom. The molecule has 2 heterocycles. The van der Waals surface area contributed by atoms with E-state index in [4.69, 9.17) is 4.98 Å². The minimum Gasteiger partial charge on any atom is -0.308 e. The molecule has 0 N–H and O–H groups in total. The number of benzene rings is 2. The molecular formula is C27H31BrN4OS. The second-order valence-corrected chi connectivity index (χ2v) is 10.7. The van der Waals surface area contributed by atoms with Gasteiger partial charge in [-0.2, -0.15) is 0 Å². The van der Waals surface area contributed by atoms with Crippen molar-refractivity contribution in [1.82, 2.24) is 19.4 Å². The van der Waals surface area contributed by atoms with E-state index in [2.05, 4.69) is 76.2 Å². The molecule has 2 aromatic heterocycles. The van der Waals surface area contributed by atoms with Crippen molar-refractivity contribution in [3.05, 3.63) is 97.8 Å². The smallest absolute Gasteiger partial charge is 0.271 e. The Morgan fingerprint density at radius 3 is 2.44 bits per heavy atom. The van der Waals surface area contributed by atoms with Gasteiger partial charge in [0.15, 0.2) is 0 Å². The SMILES string of the molecule is CN(C)CCN(CCCc1nc2ccsc2c(=O)n1Cc1ccccc1)Cc1ccc(Br)cc1. The Morgan fingerprint density at radius 1 is 0.941 bits per heavy atom. The molecule has 0 unspecified atom stereocenters. The minimum absolute atomic E-state index is 0.0678. The third-order valence-electron chi connectivity index (χ3n) is 5.89. The zero-order chi connectivity index (χ0) is 23.9. The fraction of sp³-hybridized carbons (Fsp3) is 0.333. The summed E-state index contributed by atoms with van der Waals surface area (Å²) in [4.78, 5) is 22.9. The number of thiophene rings is 1. The molecule has 2 aromatic carbocycles. The van der Waals surface area contributed by atoms with Crippen LogP contribution >= 0.6 is 27.3 Å². The monoisotopic (exact) mass is 538 g/mol. The van der Waals surface area contributed by atoms with Gasteiger partial charge in [-0.05, 0) is 61.8 Å². The zero-order valence-electron chi connectivity index (χ0n) is 19.8. The molecule has 4 rings (SSSR count). The lowest BCUT2D eigenvalue weighted by Crippen LogP contribution is -2.33. The molecule has 0 aliphatic heterocycles. The van der Waals surface area contributed by atoms with Crippen LogP contribution in [0.15, 0.2) is 75.3 Å². The van der Waals surface area contributed by atoms with Crippen LogP contribution < -0.4 is 5.56 Å². The summed E-state index contributed by atoms with van der Waals surface area (Å²) in [6.45, 7) is 4.42. The van der Waals surface area contributed by atoms with Crippen LogP contribution in [-0.2, 0) is 19.5 Å². The third kappa shape index (κ3) is 6.63. The normalized spacial score (nSPS) is 11.7. The van der Waals surface area contributed by atoms with Gasteiger partial charge in [0.2, 0.25) is 0 Å². The van der Waals surface area contributed by atoms with Gasteiger partial charge in [-0.25, -0.2) is 4.98 Å². The number of nitrogens with zero attached hydrogens (tertiary/aromatic N) is 4. The molecule has 34 heavy (non-hydrogen) atoms. The maximum atomic E-state index is 13.3. The highest BCUT2D eigenvalue weighted by Crippen LogP contribution is 2.17. The molecule has 178 valence electrons. The number of likely N-dealkylation sites (N-methyl/N-ethyl adjacent to an activating group) is 1. The summed E-state index contributed by atoms with van der Waals surface area (Å²) in [5.41, 5.74) is 3.30. The lowest BCUT2D eigenvalue weighted by Gasteiger charge is -2.24. The molecular weight excluding hydrogens is 508 g/mol. The number of hydrogen-bond acceptors (Lipinski definition) is 5. The van der Waals surface area contributed by atoms with E-state index >= 15 is 0 Å². The molecule has 0 atom stereocenters. The van der Waals surface area contributed by atoms with Crippen LogP contribution in [0.4, 0.5) is 0 Å². The summed E-state index contributed by atoms with van der Waals surface area (Å²) in [7, 11) is 4.22. The topological polar surface area (TPSA) is 41.4 Å². The van der Waals surface area contributed by atoms with Crippen LogP contribution in [0.3, 0.4) is 0 Å². The first-order valence-corrected chi connectivity index (χ1v) is 13.3. The van der Waals surface area contributed by atoms with Crippen molar-refractivity contribution >= 4 is 37.5 Å². The molecule has 5 nitrogen and oxygen atoms in total. The fourth-order valence-electron chi connectivity index (χ4n) is 4.03. The molecule has 0 amide bonds. The fourth-order valence-corrected chi connectivity index (χ4v) is 5.07. The highest BCUT2D eigenvalue weighted by Gasteiger charge is 2.14. The van der Waals surface area contributed by atoms with Crippen molar-refractivity contribution in [3.8, 4) is 0 Å². The first kappa shape index (κ1) is 24.8. The molecule has 0 saturated carbocycles. The molecule has 0 spiro atoms. The standard InChI is InChI=1S/C27H31BrN4OS/c1-30(2)16-17-31(19-22-10-12-23(28)13-11-22)15-6-9-25-29-24-14-18-34-26(24)27(33)32(25)20-21-7-4-3-5-8-21/h3-5,7-8,10-14,18H,6,9,15-17,19-20H2,1-2H3. The summed E-state index contributed by atoms with van der Waals surface area (Å²) in [5.74, 6) is 0.871. The summed E-state index contributed by atoms with van der Waals surface area (Å²) < 4.78 is 3.71. The summed E-state index contributed by atoms with van der Waals surface area (Å²) >= 11 is 5.00. The molecule has 0 saturated heterocycles. The molecule has 0 fully saturated rings. The van der Waals surface area contributed by atoms with Crippen molar-refractivity contribution in [2.45, 2.75) is 25.9 Å². The Kier molecular flexibility index (Phi) is 8.67. The molecule has 4 aromatic rings. The first-order chi connectivity index (χ1) is 16.5. The summed E-state index contributed by atoms with van der Waals surface area (Å²) in [5, 5.41) is 1.96. The molecule has 0 bridgehead atoms. The predicted molar refractivity (Wildman–Crippen MR) is 146 cm³/mol. The zero-order valence-corrected chi connectivity index (χ0v) is 22.2. The average molecular weight is 540 g/mol. The van der Waals surface area contributed by atoms with Crippen LogP contribution in [0.1, 0.15) is 23.4 Å². The van der Waals surface area contributed by atoms with Gasteiger partial charge < -0.3 is 4.90 Å². The minimum atomic E-state index is 0.0678. The summed E-state index contributed by atoms with van der Waals surface area (Å²) in [6, 6.07) is 20.7. The highest BCUT2D eigenvalue weighted by atomic mass is 79.9. The van der Waals surface area contributed by atoms with E-state index in [0.717, 1.165) is 65.1 Å². The number of fused-ring (bicyclic) bond motifs is 1. The summed E-state index contributed by atoms with van der Waals surface area (Å²) in [6.07, 6.45) is 1.72. The lowest BCUT2D eigenvalue weighted by molar-refractivity contribution is 0.230. The molecule has 7 heteroatoms. The van der Waals surface area contributed by atoms with Crippen molar-refractivity contribution in [3.63, 3.8) is 0 Å². The third-order valence-corrected chi connectivity index (χ3v) is 7.31. The van der Waals surface area contributed by atoms with Gasteiger partial charge in [0, 0.05) is 30.5 Å². The van der Waals surface area contributed by atoms with Crippen molar-refractivity contribution < 1.29 is 0 Å². The van der Waals surface area contributed by atoms with E-state index in [1.807, 2.05) is 34.2 Å². The Bertz CT molecular complexity index is 1250. The number of aromatic nitrogens is 2. The average Bonchev–Trinajstić information content (AvgIpc) is 3.30. The van der Waals surface area contributed by atoms with Gasteiger partial charge in [0.1, 0.15) is 10.5 Å². The Labute approximate surface area is 213 Å². The van der Waals surface area contributed by atoms with E-state index in [9.17, 15) is 4.79 Å². The van der Waals surface area contributed by atoms with Gasteiger partial charge in [0.05, 0.1) is 12.1 Å². The van der Waals surface area contributed by atoms with Gasteiger partial charge in [0.25, 0.3) is 5.56 Å². The molecule has 0 radical (unpaired) electrons. The number of rotatable bonds is 11. The van der Waals surface area contributed by atoms with Crippen molar-refractivity contribution in [1.29, 1.82) is 0 Å². The Balaban J connectivity index is 1.50. The van der Waals surface area contributed by atoms with Gasteiger partial charge in [-0.15, -0.1) is 11.3 Å². The number of aryl methyl sites for hydroxylation is 1. The van der Waals surface area contributed by atoms with Gasteiger partial charge in [-0.3, -0.25) is 14.3 Å². The van der Waals surface area contributed by atoms with Crippen LogP contribution in [0, 0.1) is 0 Å². The molecule has 0 aliphatic carbocycles. The lowest BCUT2D eigenvalue weighted by atomic mass is 10.2. The van der Waals surface area contributed by atoms with Crippen LogP contribution in [-0.4, -0.2) is 53.1 Å². The highest BCUT2D eigenvalue weighted by molar-refractivity contribution is 9.10. The maximum Gasteiger partial charge on any atom is 0.271 e. The van der Waals surface area contributed by atoms with Crippen LogP contribution in [0.5, 0.6) is 0 Å². The van der Waals surface area contributed by atoms with Crippen molar-refractivity contribution in [2.24, 2.45) is 0 Å². The van der Waals surface area contributed by atoms with Gasteiger partial charge in [-0.1, -0.05) is 58.4 Å². The second-order valence-electron chi connectivity index (χ2n) is 8.85.